The Morgan fingerprint density at radius 3 is 2.66 bits per heavy atom. The number of fused-ring (bicyclic) bond motifs is 1. The molecule has 1 aliphatic heterocycles. The van der Waals surface area contributed by atoms with Gasteiger partial charge in [-0.1, -0.05) is 18.2 Å². The third kappa shape index (κ3) is 3.66. The molecule has 0 bridgehead atoms. The molecule has 172 valence electrons. The normalized spacial score (nSPS) is 17.8. The number of benzene rings is 1. The Labute approximate surface area is 181 Å². The molecule has 10 heteroatoms. The van der Waals surface area contributed by atoms with Crippen molar-refractivity contribution in [3.63, 3.8) is 0 Å². The van der Waals surface area contributed by atoms with Crippen LogP contribution in [-0.4, -0.2) is 45.2 Å². The van der Waals surface area contributed by atoms with Gasteiger partial charge < -0.3 is 15.3 Å². The topological polar surface area (TPSA) is 70.4 Å². The van der Waals surface area contributed by atoms with Crippen LogP contribution in [0.5, 0.6) is 0 Å². The van der Waals surface area contributed by atoms with Crippen LogP contribution in [0.15, 0.2) is 23.0 Å². The summed E-state index contributed by atoms with van der Waals surface area (Å²) < 4.78 is 57.5. The van der Waals surface area contributed by atoms with Gasteiger partial charge in [0.25, 0.3) is 11.5 Å². The van der Waals surface area contributed by atoms with E-state index in [1.807, 2.05) is 4.90 Å². The minimum Gasteiger partial charge on any atom is -0.390 e. The first-order valence-electron chi connectivity index (χ1n) is 10.3. The Balaban J connectivity index is 1.76. The van der Waals surface area contributed by atoms with Crippen LogP contribution < -0.4 is 21.3 Å². The molecule has 2 heterocycles. The maximum absolute atomic E-state index is 14.9. The number of aliphatic hydroxyl groups excluding tert-OH is 1. The number of aromatic nitrogens is 2. The number of halogens is 4. The van der Waals surface area contributed by atoms with E-state index in [1.54, 1.807) is 19.2 Å². The Morgan fingerprint density at radius 2 is 2.03 bits per heavy atom. The summed E-state index contributed by atoms with van der Waals surface area (Å²) in [5.74, 6) is -4.59. The van der Waals surface area contributed by atoms with Crippen molar-refractivity contribution in [1.29, 1.82) is 0 Å². The summed E-state index contributed by atoms with van der Waals surface area (Å²) in [5, 5.41) is 17.0. The Bertz CT molecular complexity index is 1220. The van der Waals surface area contributed by atoms with Crippen LogP contribution in [0.4, 0.5) is 23.4 Å². The van der Waals surface area contributed by atoms with E-state index >= 15 is 0 Å². The predicted molar refractivity (Wildman–Crippen MR) is 112 cm³/mol. The summed E-state index contributed by atoms with van der Waals surface area (Å²) >= 11 is 0. The molecule has 0 spiro atoms. The number of aryl methyl sites for hydroxylation is 1. The SMILES string of the molecule is C[C@@H](Nc1nn(C)c(=O)c2c1=CN(C1(CF)CC1)CC=2)c1cccc(C(F)(F)CO)c1F. The molecule has 1 saturated carbocycles. The first-order chi connectivity index (χ1) is 15.1. The molecule has 6 nitrogen and oxygen atoms in total. The molecule has 0 amide bonds. The zero-order chi connectivity index (χ0) is 23.3. The fraction of sp³-hybridized carbons (Fsp3) is 0.455. The van der Waals surface area contributed by atoms with Crippen LogP contribution in [0.3, 0.4) is 0 Å². The maximum atomic E-state index is 14.9. The van der Waals surface area contributed by atoms with Gasteiger partial charge in [-0.15, -0.1) is 0 Å². The van der Waals surface area contributed by atoms with Gasteiger partial charge in [-0.05, 0) is 25.8 Å². The molecule has 32 heavy (non-hydrogen) atoms. The lowest BCUT2D eigenvalue weighted by atomic mass is 10.00. The van der Waals surface area contributed by atoms with Crippen molar-refractivity contribution in [1.82, 2.24) is 14.7 Å². The third-order valence-electron chi connectivity index (χ3n) is 6.22. The highest BCUT2D eigenvalue weighted by atomic mass is 19.3. The quantitative estimate of drug-likeness (QED) is 0.624. The van der Waals surface area contributed by atoms with Gasteiger partial charge in [-0.2, -0.15) is 13.9 Å². The second-order valence-electron chi connectivity index (χ2n) is 8.39. The molecule has 0 saturated heterocycles. The largest absolute Gasteiger partial charge is 0.390 e. The van der Waals surface area contributed by atoms with E-state index in [2.05, 4.69) is 10.4 Å². The van der Waals surface area contributed by atoms with Crippen molar-refractivity contribution in [2.75, 3.05) is 25.1 Å². The lowest BCUT2D eigenvalue weighted by molar-refractivity contribution is -0.0583. The van der Waals surface area contributed by atoms with Gasteiger partial charge in [-0.3, -0.25) is 4.79 Å². The maximum Gasteiger partial charge on any atom is 0.298 e. The Kier molecular flexibility index (Phi) is 5.52. The number of alkyl halides is 3. The van der Waals surface area contributed by atoms with Crippen molar-refractivity contribution in [3.05, 3.63) is 55.9 Å². The van der Waals surface area contributed by atoms with E-state index < -0.39 is 42.2 Å². The van der Waals surface area contributed by atoms with E-state index in [4.69, 9.17) is 5.11 Å². The molecule has 2 aliphatic rings. The van der Waals surface area contributed by atoms with E-state index in [1.165, 1.54) is 19.2 Å². The molecular weight excluding hydrogens is 428 g/mol. The average molecular weight is 452 g/mol. The number of nitrogens with zero attached hydrogens (tertiary/aromatic N) is 3. The summed E-state index contributed by atoms with van der Waals surface area (Å²) in [6, 6.07) is 2.79. The summed E-state index contributed by atoms with van der Waals surface area (Å²) in [4.78, 5) is 14.4. The lowest BCUT2D eigenvalue weighted by Gasteiger charge is -2.30. The third-order valence-corrected chi connectivity index (χ3v) is 6.22. The molecule has 2 aromatic rings. The second kappa shape index (κ2) is 7.91. The summed E-state index contributed by atoms with van der Waals surface area (Å²) in [6.07, 6.45) is 4.82. The number of hydrogen-bond donors (Lipinski definition) is 2. The highest BCUT2D eigenvalue weighted by molar-refractivity contribution is 5.50. The summed E-state index contributed by atoms with van der Waals surface area (Å²) in [5.41, 5.74) is -1.84. The van der Waals surface area contributed by atoms with Gasteiger partial charge in [0.15, 0.2) is 5.82 Å². The number of anilines is 1. The summed E-state index contributed by atoms with van der Waals surface area (Å²) in [6.45, 7) is -0.0615. The highest BCUT2D eigenvalue weighted by Crippen LogP contribution is 2.42. The van der Waals surface area contributed by atoms with E-state index in [0.717, 1.165) is 10.7 Å². The minimum absolute atomic E-state index is 0.0425. The molecule has 4 rings (SSSR count). The van der Waals surface area contributed by atoms with Crippen LogP contribution in [0.25, 0.3) is 12.3 Å². The van der Waals surface area contributed by atoms with Gasteiger partial charge in [0.1, 0.15) is 19.1 Å². The second-order valence-corrected chi connectivity index (χ2v) is 8.39. The Hall–Kier alpha value is -2.88. The van der Waals surface area contributed by atoms with Crippen molar-refractivity contribution in [2.45, 2.75) is 37.3 Å². The van der Waals surface area contributed by atoms with Gasteiger partial charge in [0.2, 0.25) is 0 Å². The van der Waals surface area contributed by atoms with Crippen molar-refractivity contribution < 1.29 is 22.7 Å². The zero-order valence-corrected chi connectivity index (χ0v) is 17.7. The standard InChI is InChI=1S/C22H24F4N4O2/c1-13(14-4-3-5-17(18(14)24)22(25,26)12-31)27-19-16-10-30(21(11-23)7-8-21)9-6-15(16)20(32)29(2)28-19/h3-6,10,13,31H,7-9,11-12H2,1-2H3,(H,27,28)/t13-/m1/s1. The monoisotopic (exact) mass is 452 g/mol. The predicted octanol–water partition coefficient (Wildman–Crippen LogP) is 1.51. The first kappa shape index (κ1) is 22.3. The van der Waals surface area contributed by atoms with Crippen molar-refractivity contribution in [3.8, 4) is 0 Å². The number of nitrogens with one attached hydrogen (secondary N) is 1. The molecule has 1 atom stereocenters. The molecule has 1 aromatic heterocycles. The zero-order valence-electron chi connectivity index (χ0n) is 17.7. The number of hydrogen-bond acceptors (Lipinski definition) is 5. The first-order valence-corrected chi connectivity index (χ1v) is 10.3. The molecule has 2 N–H and O–H groups in total. The average Bonchev–Trinajstić information content (AvgIpc) is 3.58. The highest BCUT2D eigenvalue weighted by Gasteiger charge is 2.47. The number of rotatable bonds is 7. The van der Waals surface area contributed by atoms with Gasteiger partial charge in [0, 0.05) is 30.6 Å². The van der Waals surface area contributed by atoms with Gasteiger partial charge in [-0.25, -0.2) is 13.5 Å². The number of aliphatic hydroxyl groups is 1. The van der Waals surface area contributed by atoms with Crippen LogP contribution in [0.1, 0.15) is 36.9 Å². The molecule has 1 aliphatic carbocycles. The molecule has 1 aromatic carbocycles. The van der Waals surface area contributed by atoms with Crippen molar-refractivity contribution in [2.24, 2.45) is 7.05 Å². The van der Waals surface area contributed by atoms with Gasteiger partial charge >= 0.3 is 0 Å². The molecule has 0 radical (unpaired) electrons. The van der Waals surface area contributed by atoms with Crippen LogP contribution in [-0.2, 0) is 13.0 Å². The smallest absolute Gasteiger partial charge is 0.298 e. The van der Waals surface area contributed by atoms with Crippen LogP contribution >= 0.6 is 0 Å². The lowest BCUT2D eigenvalue weighted by Crippen LogP contribution is -2.52. The van der Waals surface area contributed by atoms with Crippen LogP contribution in [0.2, 0.25) is 0 Å². The van der Waals surface area contributed by atoms with E-state index in [0.29, 0.717) is 29.8 Å². The Morgan fingerprint density at radius 1 is 1.31 bits per heavy atom. The van der Waals surface area contributed by atoms with E-state index in [-0.39, 0.29) is 16.9 Å². The fourth-order valence-electron chi connectivity index (χ4n) is 4.01. The van der Waals surface area contributed by atoms with Crippen molar-refractivity contribution >= 4 is 18.1 Å². The summed E-state index contributed by atoms with van der Waals surface area (Å²) in [7, 11) is 1.48. The molecule has 0 unspecified atom stereocenters. The minimum atomic E-state index is -3.72. The molecular formula is C22H24F4N4O2. The van der Waals surface area contributed by atoms with Gasteiger partial charge in [0.05, 0.1) is 22.4 Å². The molecule has 1 fully saturated rings. The fourth-order valence-corrected chi connectivity index (χ4v) is 4.01. The van der Waals surface area contributed by atoms with E-state index in [9.17, 15) is 22.4 Å². The van der Waals surface area contributed by atoms with Crippen LogP contribution in [0, 0.1) is 5.82 Å².